The first-order valence-electron chi connectivity index (χ1n) is 11.5. The third kappa shape index (κ3) is 5.68. The van der Waals surface area contributed by atoms with E-state index in [0.717, 1.165) is 0 Å². The Bertz CT molecular complexity index is 1250. The molecule has 1 aliphatic rings. The average Bonchev–Trinajstić information content (AvgIpc) is 3.09. The molecule has 0 bridgehead atoms. The molecule has 3 aromatic rings. The highest BCUT2D eigenvalue weighted by molar-refractivity contribution is 7.80. The second-order valence-corrected chi connectivity index (χ2v) is 8.56. The van der Waals surface area contributed by atoms with Gasteiger partial charge >= 0.3 is 0 Å². The molecule has 4 rings (SSSR count). The van der Waals surface area contributed by atoms with E-state index in [0.29, 0.717) is 29.3 Å². The van der Waals surface area contributed by atoms with Crippen molar-refractivity contribution in [2.24, 2.45) is 0 Å². The molecule has 3 aromatic carbocycles. The van der Waals surface area contributed by atoms with Gasteiger partial charge in [0.1, 0.15) is 23.4 Å². The lowest BCUT2D eigenvalue weighted by molar-refractivity contribution is -0.124. The van der Waals surface area contributed by atoms with Gasteiger partial charge in [0.15, 0.2) is 5.11 Å². The summed E-state index contributed by atoms with van der Waals surface area (Å²) in [5.74, 6) is -0.895. The summed E-state index contributed by atoms with van der Waals surface area (Å²) in [5, 5.41) is 2.98. The molecule has 1 fully saturated rings. The van der Waals surface area contributed by atoms with Crippen LogP contribution < -0.4 is 15.0 Å². The molecule has 0 saturated carbocycles. The van der Waals surface area contributed by atoms with Crippen LogP contribution in [0.1, 0.15) is 18.9 Å². The lowest BCUT2D eigenvalue weighted by atomic mass is 10.1. The van der Waals surface area contributed by atoms with Crippen molar-refractivity contribution in [3.05, 3.63) is 90.0 Å². The Morgan fingerprint density at radius 3 is 2.39 bits per heavy atom. The van der Waals surface area contributed by atoms with Crippen LogP contribution in [0, 0.1) is 11.6 Å². The van der Waals surface area contributed by atoms with Gasteiger partial charge in [-0.2, -0.15) is 0 Å². The van der Waals surface area contributed by atoms with Gasteiger partial charge in [0.25, 0.3) is 5.91 Å². The zero-order valence-electron chi connectivity index (χ0n) is 19.6. The van der Waals surface area contributed by atoms with E-state index in [1.165, 1.54) is 35.2 Å². The quantitative estimate of drug-likeness (QED) is 0.414. The van der Waals surface area contributed by atoms with Crippen molar-refractivity contribution in [1.82, 2.24) is 4.90 Å². The van der Waals surface area contributed by atoms with Gasteiger partial charge in [-0.25, -0.2) is 8.78 Å². The maximum Gasteiger partial charge on any atom is 0.256 e. The topological polar surface area (TPSA) is 61.9 Å². The standard InChI is InChI=1S/C27H25F2N3O3S/c1-2-35-22-13-9-20(10-14-22)30-25(33)17-24-26(34)32(21-11-7-19(28)8-12-21)27(36)31(24)16-15-18-5-3-4-6-23(18)29/h3-14,24H,2,15-17H2,1H3,(H,30,33). The van der Waals surface area contributed by atoms with E-state index in [1.807, 2.05) is 6.92 Å². The first kappa shape index (κ1) is 25.2. The van der Waals surface area contributed by atoms with Gasteiger partial charge in [0.05, 0.1) is 18.7 Å². The molecule has 0 aromatic heterocycles. The van der Waals surface area contributed by atoms with Crippen molar-refractivity contribution in [3.63, 3.8) is 0 Å². The summed E-state index contributed by atoms with van der Waals surface area (Å²) in [6, 6.07) is 17.8. The monoisotopic (exact) mass is 509 g/mol. The minimum atomic E-state index is -0.892. The van der Waals surface area contributed by atoms with E-state index >= 15 is 0 Å². The normalized spacial score (nSPS) is 15.4. The summed E-state index contributed by atoms with van der Waals surface area (Å²) in [4.78, 5) is 29.3. The summed E-state index contributed by atoms with van der Waals surface area (Å²) < 4.78 is 33.1. The first-order valence-corrected chi connectivity index (χ1v) is 11.9. The first-order chi connectivity index (χ1) is 17.4. The molecule has 186 valence electrons. The number of hydrogen-bond acceptors (Lipinski definition) is 4. The van der Waals surface area contributed by atoms with Crippen LogP contribution in [0.4, 0.5) is 20.2 Å². The number of carbonyl (C=O) groups is 2. The van der Waals surface area contributed by atoms with E-state index in [2.05, 4.69) is 5.32 Å². The Kier molecular flexibility index (Phi) is 7.90. The zero-order valence-corrected chi connectivity index (χ0v) is 20.4. The van der Waals surface area contributed by atoms with Crippen LogP contribution in [0.25, 0.3) is 0 Å². The molecule has 0 aliphatic carbocycles. The van der Waals surface area contributed by atoms with E-state index in [4.69, 9.17) is 17.0 Å². The summed E-state index contributed by atoms with van der Waals surface area (Å²) in [6.45, 7) is 2.64. The molecule has 1 heterocycles. The van der Waals surface area contributed by atoms with Gasteiger partial charge in [-0.05, 0) is 85.7 Å². The summed E-state index contributed by atoms with van der Waals surface area (Å²) in [7, 11) is 0. The number of benzene rings is 3. The van der Waals surface area contributed by atoms with Crippen LogP contribution in [-0.2, 0) is 16.0 Å². The van der Waals surface area contributed by atoms with Gasteiger partial charge < -0.3 is 15.0 Å². The maximum atomic E-state index is 14.2. The van der Waals surface area contributed by atoms with Crippen molar-refractivity contribution in [3.8, 4) is 5.75 Å². The molecule has 6 nitrogen and oxygen atoms in total. The highest BCUT2D eigenvalue weighted by atomic mass is 32.1. The Hall–Kier alpha value is -3.85. The second-order valence-electron chi connectivity index (χ2n) is 8.19. The summed E-state index contributed by atoms with van der Waals surface area (Å²) in [5.41, 5.74) is 1.44. The zero-order chi connectivity index (χ0) is 25.7. The lowest BCUT2D eigenvalue weighted by Gasteiger charge is -2.24. The van der Waals surface area contributed by atoms with Crippen LogP contribution in [0.2, 0.25) is 0 Å². The largest absolute Gasteiger partial charge is 0.494 e. The van der Waals surface area contributed by atoms with Crippen LogP contribution >= 0.6 is 12.2 Å². The molecule has 1 unspecified atom stereocenters. The van der Waals surface area contributed by atoms with Crippen molar-refractivity contribution in [2.45, 2.75) is 25.8 Å². The predicted octanol–water partition coefficient (Wildman–Crippen LogP) is 4.94. The number of thiocarbonyl (C=S) groups is 1. The Morgan fingerprint density at radius 2 is 1.72 bits per heavy atom. The molecule has 0 radical (unpaired) electrons. The Labute approximate surface area is 213 Å². The number of ether oxygens (including phenoxy) is 1. The van der Waals surface area contributed by atoms with Crippen LogP contribution in [0.5, 0.6) is 5.75 Å². The maximum absolute atomic E-state index is 14.2. The van der Waals surface area contributed by atoms with Gasteiger partial charge in [0, 0.05) is 12.2 Å². The molecule has 1 atom stereocenters. The number of amides is 2. The molecule has 1 saturated heterocycles. The fraction of sp³-hybridized carbons (Fsp3) is 0.222. The van der Waals surface area contributed by atoms with Crippen molar-refractivity contribution < 1.29 is 23.1 Å². The molecule has 1 N–H and O–H groups in total. The fourth-order valence-corrected chi connectivity index (χ4v) is 4.46. The Balaban J connectivity index is 1.53. The SMILES string of the molecule is CCOc1ccc(NC(=O)CC2C(=O)N(c3ccc(F)cc3)C(=S)N2CCc2ccccc2F)cc1. The average molecular weight is 510 g/mol. The van der Waals surface area contributed by atoms with E-state index in [9.17, 15) is 18.4 Å². The number of hydrogen-bond donors (Lipinski definition) is 1. The number of carbonyl (C=O) groups excluding carboxylic acids is 2. The van der Waals surface area contributed by atoms with Crippen molar-refractivity contribution >= 4 is 40.5 Å². The fourth-order valence-electron chi connectivity index (χ4n) is 4.05. The minimum Gasteiger partial charge on any atom is -0.494 e. The summed E-state index contributed by atoms with van der Waals surface area (Å²) >= 11 is 5.60. The highest BCUT2D eigenvalue weighted by Crippen LogP contribution is 2.28. The van der Waals surface area contributed by atoms with E-state index in [1.54, 1.807) is 47.4 Å². The molecular formula is C27H25F2N3O3S. The van der Waals surface area contributed by atoms with E-state index < -0.39 is 17.8 Å². The van der Waals surface area contributed by atoms with Crippen LogP contribution in [0.3, 0.4) is 0 Å². The van der Waals surface area contributed by atoms with Crippen LogP contribution in [-0.4, -0.2) is 41.0 Å². The Morgan fingerprint density at radius 1 is 1.03 bits per heavy atom. The number of nitrogens with zero attached hydrogens (tertiary/aromatic N) is 2. The highest BCUT2D eigenvalue weighted by Gasteiger charge is 2.44. The van der Waals surface area contributed by atoms with Gasteiger partial charge in [-0.1, -0.05) is 18.2 Å². The van der Waals surface area contributed by atoms with Gasteiger partial charge in [-0.15, -0.1) is 0 Å². The number of anilines is 2. The molecule has 1 aliphatic heterocycles. The molecule has 9 heteroatoms. The van der Waals surface area contributed by atoms with Gasteiger partial charge in [-0.3, -0.25) is 14.5 Å². The molecule has 36 heavy (non-hydrogen) atoms. The van der Waals surface area contributed by atoms with Crippen LogP contribution in [0.15, 0.2) is 72.8 Å². The third-order valence-electron chi connectivity index (χ3n) is 5.81. The van der Waals surface area contributed by atoms with Crippen molar-refractivity contribution in [2.75, 3.05) is 23.4 Å². The summed E-state index contributed by atoms with van der Waals surface area (Å²) in [6.07, 6.45) is 0.121. The van der Waals surface area contributed by atoms with Crippen molar-refractivity contribution in [1.29, 1.82) is 0 Å². The lowest BCUT2D eigenvalue weighted by Crippen LogP contribution is -2.39. The number of nitrogens with one attached hydrogen (secondary N) is 1. The van der Waals surface area contributed by atoms with Gasteiger partial charge in [0.2, 0.25) is 5.91 Å². The number of rotatable bonds is 9. The second kappa shape index (κ2) is 11.3. The third-order valence-corrected chi connectivity index (χ3v) is 6.23. The molecular weight excluding hydrogens is 484 g/mol. The minimum absolute atomic E-state index is 0.166. The number of halogens is 2. The van der Waals surface area contributed by atoms with E-state index in [-0.39, 0.29) is 36.2 Å². The molecule has 0 spiro atoms. The predicted molar refractivity (Wildman–Crippen MR) is 138 cm³/mol. The molecule has 2 amide bonds. The smallest absolute Gasteiger partial charge is 0.256 e.